The lowest BCUT2D eigenvalue weighted by Gasteiger charge is -2.05. The van der Waals surface area contributed by atoms with Gasteiger partial charge >= 0.3 is 0 Å². The predicted molar refractivity (Wildman–Crippen MR) is 110 cm³/mol. The van der Waals surface area contributed by atoms with Crippen molar-refractivity contribution in [2.45, 2.75) is 6.42 Å². The summed E-state index contributed by atoms with van der Waals surface area (Å²) >= 11 is 0. The molecule has 3 aromatic rings. The highest BCUT2D eigenvalue weighted by molar-refractivity contribution is 5.83. The number of non-ortho nitro benzene ring substituents is 1. The number of nitro benzene ring substituents is 2. The first-order chi connectivity index (χ1) is 14.9. The molecule has 0 saturated heterocycles. The lowest BCUT2D eigenvalue weighted by molar-refractivity contribution is -0.385. The summed E-state index contributed by atoms with van der Waals surface area (Å²) in [6.45, 7) is 0. The lowest BCUT2D eigenvalue weighted by atomic mass is 10.1. The van der Waals surface area contributed by atoms with E-state index in [1.807, 2.05) is 0 Å². The summed E-state index contributed by atoms with van der Waals surface area (Å²) in [6, 6.07) is 13.2. The molecule has 1 heterocycles. The van der Waals surface area contributed by atoms with E-state index in [0.717, 1.165) is 0 Å². The maximum absolute atomic E-state index is 12.0. The number of ether oxygens (including phenoxy) is 1. The zero-order valence-corrected chi connectivity index (χ0v) is 16.2. The molecule has 11 heteroatoms. The summed E-state index contributed by atoms with van der Waals surface area (Å²) < 4.78 is 10.8. The van der Waals surface area contributed by atoms with Gasteiger partial charge in [-0.1, -0.05) is 18.2 Å². The predicted octanol–water partition coefficient (Wildman–Crippen LogP) is 3.46. The molecule has 31 heavy (non-hydrogen) atoms. The van der Waals surface area contributed by atoms with Crippen molar-refractivity contribution in [1.29, 1.82) is 0 Å². The molecule has 1 aromatic heterocycles. The van der Waals surface area contributed by atoms with Crippen LogP contribution in [-0.4, -0.2) is 29.1 Å². The number of nitro groups is 2. The molecule has 158 valence electrons. The third kappa shape index (κ3) is 5.09. The van der Waals surface area contributed by atoms with Gasteiger partial charge < -0.3 is 9.15 Å². The number of nitrogens with one attached hydrogen (secondary N) is 1. The molecule has 2 aromatic carbocycles. The standard InChI is InChI=1S/C20H16N4O7/c1-30-18-8-6-14(23(26)27)11-16(18)19-9-7-15(31-19)12-21-22-20(25)10-13-4-2-3-5-17(13)24(28)29/h2-9,11-12H,10H2,1H3,(H,22,25). The molecule has 1 N–H and O–H groups in total. The van der Waals surface area contributed by atoms with E-state index in [2.05, 4.69) is 10.5 Å². The van der Waals surface area contributed by atoms with Crippen LogP contribution in [0.3, 0.4) is 0 Å². The minimum absolute atomic E-state index is 0.121. The van der Waals surface area contributed by atoms with E-state index >= 15 is 0 Å². The topological polar surface area (TPSA) is 150 Å². The van der Waals surface area contributed by atoms with Crippen LogP contribution in [0, 0.1) is 20.2 Å². The van der Waals surface area contributed by atoms with Crippen molar-refractivity contribution in [3.63, 3.8) is 0 Å². The van der Waals surface area contributed by atoms with E-state index in [4.69, 9.17) is 9.15 Å². The average Bonchev–Trinajstić information content (AvgIpc) is 3.22. The van der Waals surface area contributed by atoms with Gasteiger partial charge in [0.25, 0.3) is 11.4 Å². The van der Waals surface area contributed by atoms with Gasteiger partial charge in [0, 0.05) is 23.8 Å². The molecule has 0 atom stereocenters. The van der Waals surface area contributed by atoms with Crippen LogP contribution in [-0.2, 0) is 11.2 Å². The summed E-state index contributed by atoms with van der Waals surface area (Å²) in [6.07, 6.45) is 1.02. The molecule has 1 amide bonds. The molecule has 0 aliphatic rings. The lowest BCUT2D eigenvalue weighted by Crippen LogP contribution is -2.20. The summed E-state index contributed by atoms with van der Waals surface area (Å²) in [5.74, 6) is 0.432. The van der Waals surface area contributed by atoms with E-state index in [0.29, 0.717) is 17.1 Å². The van der Waals surface area contributed by atoms with E-state index in [1.165, 1.54) is 49.7 Å². The Hall–Kier alpha value is -4.54. The molecular weight excluding hydrogens is 408 g/mol. The molecule has 0 unspecified atom stereocenters. The number of nitrogens with zero attached hydrogens (tertiary/aromatic N) is 3. The van der Waals surface area contributed by atoms with Crippen molar-refractivity contribution in [1.82, 2.24) is 5.43 Å². The smallest absolute Gasteiger partial charge is 0.273 e. The number of amides is 1. The molecular formula is C20H16N4O7. The Morgan fingerprint density at radius 3 is 2.61 bits per heavy atom. The Morgan fingerprint density at radius 1 is 1.13 bits per heavy atom. The molecule has 0 spiro atoms. The molecule has 0 radical (unpaired) electrons. The number of carbonyl (C=O) groups excluding carboxylic acids is 1. The summed E-state index contributed by atoms with van der Waals surface area (Å²) in [5, 5.41) is 25.8. The Morgan fingerprint density at radius 2 is 1.90 bits per heavy atom. The van der Waals surface area contributed by atoms with Crippen LogP contribution in [0.5, 0.6) is 5.75 Å². The van der Waals surface area contributed by atoms with Gasteiger partial charge in [-0.05, 0) is 18.2 Å². The van der Waals surface area contributed by atoms with Gasteiger partial charge in [-0.3, -0.25) is 25.0 Å². The van der Waals surface area contributed by atoms with Crippen molar-refractivity contribution in [2.24, 2.45) is 5.10 Å². The van der Waals surface area contributed by atoms with Crippen LogP contribution in [0.15, 0.2) is 64.1 Å². The van der Waals surface area contributed by atoms with Gasteiger partial charge in [-0.25, -0.2) is 5.43 Å². The minimum atomic E-state index is -0.557. The van der Waals surface area contributed by atoms with E-state index in [1.54, 1.807) is 18.2 Å². The van der Waals surface area contributed by atoms with Crippen molar-refractivity contribution >= 4 is 23.5 Å². The minimum Gasteiger partial charge on any atom is -0.496 e. The number of hydrogen-bond acceptors (Lipinski definition) is 8. The van der Waals surface area contributed by atoms with Crippen molar-refractivity contribution in [3.8, 4) is 17.1 Å². The Bertz CT molecular complexity index is 1170. The second-order valence-electron chi connectivity index (χ2n) is 6.20. The Kier molecular flexibility index (Phi) is 6.36. The fourth-order valence-electron chi connectivity index (χ4n) is 2.79. The van der Waals surface area contributed by atoms with E-state index in [-0.39, 0.29) is 29.1 Å². The number of hydrogen-bond donors (Lipinski definition) is 1. The SMILES string of the molecule is COc1ccc([N+](=O)[O-])cc1-c1ccc(C=NNC(=O)Cc2ccccc2[N+](=O)[O-])o1. The third-order valence-corrected chi connectivity index (χ3v) is 4.21. The molecule has 0 saturated carbocycles. The second kappa shape index (κ2) is 9.31. The first-order valence-corrected chi connectivity index (χ1v) is 8.86. The summed E-state index contributed by atoms with van der Waals surface area (Å²) in [7, 11) is 1.43. The normalized spacial score (nSPS) is 10.7. The van der Waals surface area contributed by atoms with Crippen molar-refractivity contribution in [2.75, 3.05) is 7.11 Å². The van der Waals surface area contributed by atoms with Crippen LogP contribution in [0.2, 0.25) is 0 Å². The number of para-hydroxylation sites is 1. The number of furan rings is 1. The highest BCUT2D eigenvalue weighted by atomic mass is 16.6. The number of methoxy groups -OCH3 is 1. The van der Waals surface area contributed by atoms with Crippen LogP contribution >= 0.6 is 0 Å². The van der Waals surface area contributed by atoms with Gasteiger partial charge in [0.15, 0.2) is 0 Å². The van der Waals surface area contributed by atoms with Gasteiger partial charge in [0.05, 0.1) is 35.2 Å². The van der Waals surface area contributed by atoms with Crippen molar-refractivity contribution < 1.29 is 23.8 Å². The van der Waals surface area contributed by atoms with Gasteiger partial charge in [0.2, 0.25) is 5.91 Å². The highest BCUT2D eigenvalue weighted by Crippen LogP contribution is 2.34. The van der Waals surface area contributed by atoms with Crippen molar-refractivity contribution in [3.05, 3.63) is 86.1 Å². The molecule has 0 aliphatic heterocycles. The Labute approximate surface area is 175 Å². The molecule has 0 fully saturated rings. The van der Waals surface area contributed by atoms with Gasteiger partial charge in [-0.15, -0.1) is 0 Å². The fraction of sp³-hybridized carbons (Fsp3) is 0.100. The first kappa shape index (κ1) is 21.2. The van der Waals surface area contributed by atoms with Gasteiger partial charge in [-0.2, -0.15) is 5.10 Å². The molecule has 11 nitrogen and oxygen atoms in total. The quantitative estimate of drug-likeness (QED) is 0.330. The summed E-state index contributed by atoms with van der Waals surface area (Å²) in [4.78, 5) is 33.0. The summed E-state index contributed by atoms with van der Waals surface area (Å²) in [5.41, 5.74) is 2.65. The number of benzene rings is 2. The maximum atomic E-state index is 12.0. The zero-order valence-electron chi connectivity index (χ0n) is 16.2. The van der Waals surface area contributed by atoms with Crippen LogP contribution in [0.1, 0.15) is 11.3 Å². The van der Waals surface area contributed by atoms with E-state index in [9.17, 15) is 25.0 Å². The zero-order chi connectivity index (χ0) is 22.4. The van der Waals surface area contributed by atoms with Crippen LogP contribution in [0.25, 0.3) is 11.3 Å². The molecule has 0 bridgehead atoms. The highest BCUT2D eigenvalue weighted by Gasteiger charge is 2.16. The second-order valence-corrected chi connectivity index (χ2v) is 6.20. The monoisotopic (exact) mass is 424 g/mol. The first-order valence-electron chi connectivity index (χ1n) is 8.86. The van der Waals surface area contributed by atoms with Gasteiger partial charge in [0.1, 0.15) is 17.3 Å². The number of rotatable bonds is 8. The largest absolute Gasteiger partial charge is 0.496 e. The van der Waals surface area contributed by atoms with Crippen LogP contribution in [0.4, 0.5) is 11.4 Å². The van der Waals surface area contributed by atoms with Crippen LogP contribution < -0.4 is 10.2 Å². The Balaban J connectivity index is 1.69. The fourth-order valence-corrected chi connectivity index (χ4v) is 2.79. The van der Waals surface area contributed by atoms with E-state index < -0.39 is 15.8 Å². The average molecular weight is 424 g/mol. The molecule has 0 aliphatic carbocycles. The maximum Gasteiger partial charge on any atom is 0.273 e. The molecule has 3 rings (SSSR count). The third-order valence-electron chi connectivity index (χ3n) is 4.21. The number of carbonyl (C=O) groups is 1. The number of hydrazone groups is 1.